The topological polar surface area (TPSA) is 63.9 Å². The number of hydrogen-bond acceptors (Lipinski definition) is 4. The molecule has 3 aromatic heterocycles. The molecule has 4 aromatic rings. The number of aryl methyl sites for hydroxylation is 2. The van der Waals surface area contributed by atoms with Gasteiger partial charge in [0.25, 0.3) is 0 Å². The van der Waals surface area contributed by atoms with E-state index in [9.17, 15) is 4.39 Å². The molecule has 0 radical (unpaired) electrons. The number of aromatic nitrogens is 3. The van der Waals surface area contributed by atoms with E-state index >= 15 is 0 Å². The SMILES string of the molecule is COC(c1c(F)cccc1Cl)c1c[nH]c2ncc(-c3c(C)noc3C)cc12. The molecule has 0 fully saturated rings. The van der Waals surface area contributed by atoms with Crippen LogP contribution in [0.5, 0.6) is 0 Å². The van der Waals surface area contributed by atoms with Gasteiger partial charge < -0.3 is 14.2 Å². The van der Waals surface area contributed by atoms with Crippen LogP contribution in [0.2, 0.25) is 5.02 Å². The normalized spacial score (nSPS) is 12.6. The van der Waals surface area contributed by atoms with E-state index in [1.165, 1.54) is 13.2 Å². The molecule has 1 aromatic carbocycles. The number of H-pyrrole nitrogens is 1. The molecule has 1 unspecified atom stereocenters. The maximum Gasteiger partial charge on any atom is 0.141 e. The van der Waals surface area contributed by atoms with Gasteiger partial charge in [0.2, 0.25) is 0 Å². The maximum atomic E-state index is 14.5. The van der Waals surface area contributed by atoms with Crippen LogP contribution >= 0.6 is 11.6 Å². The highest BCUT2D eigenvalue weighted by Gasteiger charge is 2.24. The van der Waals surface area contributed by atoms with Gasteiger partial charge in [0.1, 0.15) is 23.3 Å². The van der Waals surface area contributed by atoms with Crippen molar-refractivity contribution in [1.82, 2.24) is 15.1 Å². The van der Waals surface area contributed by atoms with Gasteiger partial charge in [-0.2, -0.15) is 0 Å². The number of hydrogen-bond donors (Lipinski definition) is 1. The molecule has 0 aliphatic heterocycles. The van der Waals surface area contributed by atoms with Crippen molar-refractivity contribution in [2.24, 2.45) is 0 Å². The van der Waals surface area contributed by atoms with Crippen LogP contribution in [0.3, 0.4) is 0 Å². The molecular formula is C20H17ClFN3O2. The smallest absolute Gasteiger partial charge is 0.141 e. The number of benzene rings is 1. The molecule has 5 nitrogen and oxygen atoms in total. The number of nitrogens with one attached hydrogen (secondary N) is 1. The molecule has 3 heterocycles. The zero-order valence-corrected chi connectivity index (χ0v) is 15.8. The predicted octanol–water partition coefficient (Wildman–Crippen LogP) is 5.36. The highest BCUT2D eigenvalue weighted by molar-refractivity contribution is 6.31. The van der Waals surface area contributed by atoms with Gasteiger partial charge in [0, 0.05) is 52.2 Å². The number of fused-ring (bicyclic) bond motifs is 1. The quantitative estimate of drug-likeness (QED) is 0.513. The van der Waals surface area contributed by atoms with Gasteiger partial charge in [0.05, 0.1) is 5.69 Å². The largest absolute Gasteiger partial charge is 0.372 e. The van der Waals surface area contributed by atoms with Crippen LogP contribution in [-0.2, 0) is 4.74 Å². The average molecular weight is 386 g/mol. The molecule has 1 N–H and O–H groups in total. The summed E-state index contributed by atoms with van der Waals surface area (Å²) in [6.07, 6.45) is 2.85. The van der Waals surface area contributed by atoms with Crippen LogP contribution in [-0.4, -0.2) is 22.2 Å². The summed E-state index contributed by atoms with van der Waals surface area (Å²) in [4.78, 5) is 7.61. The minimum absolute atomic E-state index is 0.297. The van der Waals surface area contributed by atoms with E-state index in [1.54, 1.807) is 24.5 Å². The molecule has 0 saturated carbocycles. The Morgan fingerprint density at radius 3 is 2.78 bits per heavy atom. The standard InChI is InChI=1S/C20H17ClFN3O2/c1-10-17(11(2)27-25-10)12-7-13-14(9-24-20(13)23-8-12)19(26-3)18-15(21)5-4-6-16(18)22/h4-9,19H,1-3H3,(H,23,24). The summed E-state index contributed by atoms with van der Waals surface area (Å²) < 4.78 is 25.4. The fourth-order valence-corrected chi connectivity index (χ4v) is 3.70. The highest BCUT2D eigenvalue weighted by Crippen LogP contribution is 2.37. The average Bonchev–Trinajstić information content (AvgIpc) is 3.21. The molecule has 1 atom stereocenters. The first-order valence-electron chi connectivity index (χ1n) is 8.38. The molecule has 7 heteroatoms. The van der Waals surface area contributed by atoms with Gasteiger partial charge in [-0.05, 0) is 32.0 Å². The van der Waals surface area contributed by atoms with Gasteiger partial charge in [0.15, 0.2) is 0 Å². The first-order chi connectivity index (χ1) is 13.0. The van der Waals surface area contributed by atoms with E-state index in [0.29, 0.717) is 22.0 Å². The molecule has 27 heavy (non-hydrogen) atoms. The lowest BCUT2D eigenvalue weighted by Gasteiger charge is -2.17. The summed E-state index contributed by atoms with van der Waals surface area (Å²) >= 11 is 6.26. The van der Waals surface area contributed by atoms with Gasteiger partial charge in [-0.25, -0.2) is 9.37 Å². The van der Waals surface area contributed by atoms with Crippen molar-refractivity contribution in [2.45, 2.75) is 20.0 Å². The second-order valence-electron chi connectivity index (χ2n) is 6.31. The third kappa shape index (κ3) is 2.91. The molecule has 138 valence electrons. The summed E-state index contributed by atoms with van der Waals surface area (Å²) in [5.41, 5.74) is 4.27. The molecule has 4 rings (SSSR count). The Morgan fingerprint density at radius 2 is 2.11 bits per heavy atom. The summed E-state index contributed by atoms with van der Waals surface area (Å²) in [7, 11) is 1.53. The van der Waals surface area contributed by atoms with E-state index in [2.05, 4.69) is 15.1 Å². The summed E-state index contributed by atoms with van der Waals surface area (Å²) in [5.74, 6) is 0.296. The molecule has 0 amide bonds. The Bertz CT molecular complexity index is 1100. The minimum Gasteiger partial charge on any atom is -0.372 e. The second-order valence-corrected chi connectivity index (χ2v) is 6.72. The van der Waals surface area contributed by atoms with E-state index in [0.717, 1.165) is 27.8 Å². The first kappa shape index (κ1) is 17.7. The highest BCUT2D eigenvalue weighted by atomic mass is 35.5. The van der Waals surface area contributed by atoms with E-state index < -0.39 is 11.9 Å². The number of methoxy groups -OCH3 is 1. The van der Waals surface area contributed by atoms with Crippen molar-refractivity contribution < 1.29 is 13.7 Å². The third-order valence-electron chi connectivity index (χ3n) is 4.67. The molecule has 0 saturated heterocycles. The van der Waals surface area contributed by atoms with Crippen molar-refractivity contribution >= 4 is 22.6 Å². The van der Waals surface area contributed by atoms with Crippen molar-refractivity contribution in [3.05, 3.63) is 70.1 Å². The van der Waals surface area contributed by atoms with Gasteiger partial charge in [-0.1, -0.05) is 22.8 Å². The van der Waals surface area contributed by atoms with Crippen molar-refractivity contribution in [1.29, 1.82) is 0 Å². The van der Waals surface area contributed by atoms with Crippen molar-refractivity contribution in [2.75, 3.05) is 7.11 Å². The van der Waals surface area contributed by atoms with Crippen LogP contribution < -0.4 is 0 Å². The Hall–Kier alpha value is -2.70. The van der Waals surface area contributed by atoms with Crippen LogP contribution in [0.1, 0.15) is 28.7 Å². The maximum absolute atomic E-state index is 14.5. The predicted molar refractivity (Wildman–Crippen MR) is 101 cm³/mol. The summed E-state index contributed by atoms with van der Waals surface area (Å²) in [6, 6.07) is 6.56. The number of halogens is 2. The summed E-state index contributed by atoms with van der Waals surface area (Å²) in [6.45, 7) is 3.74. The molecule has 0 bridgehead atoms. The first-order valence-corrected chi connectivity index (χ1v) is 8.76. The zero-order valence-electron chi connectivity index (χ0n) is 15.0. The molecule has 0 aliphatic rings. The van der Waals surface area contributed by atoms with E-state index in [4.69, 9.17) is 20.9 Å². The summed E-state index contributed by atoms with van der Waals surface area (Å²) in [5, 5.41) is 5.13. The lowest BCUT2D eigenvalue weighted by atomic mass is 9.98. The van der Waals surface area contributed by atoms with Gasteiger partial charge in [-0.15, -0.1) is 0 Å². The number of aromatic amines is 1. The van der Waals surface area contributed by atoms with Crippen LogP contribution in [0, 0.1) is 19.7 Å². The number of pyridine rings is 1. The second kappa shape index (κ2) is 6.79. The monoisotopic (exact) mass is 385 g/mol. The third-order valence-corrected chi connectivity index (χ3v) is 4.99. The lowest BCUT2D eigenvalue weighted by Crippen LogP contribution is -2.06. The fraction of sp³-hybridized carbons (Fsp3) is 0.200. The molecule has 0 spiro atoms. The number of ether oxygens (including phenoxy) is 1. The minimum atomic E-state index is -0.672. The number of rotatable bonds is 4. The van der Waals surface area contributed by atoms with Crippen LogP contribution in [0.25, 0.3) is 22.2 Å². The van der Waals surface area contributed by atoms with Crippen LogP contribution in [0.4, 0.5) is 4.39 Å². The van der Waals surface area contributed by atoms with Crippen molar-refractivity contribution in [3.63, 3.8) is 0 Å². The lowest BCUT2D eigenvalue weighted by molar-refractivity contribution is 0.134. The zero-order chi connectivity index (χ0) is 19.1. The fourth-order valence-electron chi connectivity index (χ4n) is 3.43. The van der Waals surface area contributed by atoms with Gasteiger partial charge >= 0.3 is 0 Å². The Kier molecular flexibility index (Phi) is 4.45. The number of nitrogens with zero attached hydrogens (tertiary/aromatic N) is 2. The molecule has 0 aliphatic carbocycles. The van der Waals surface area contributed by atoms with Crippen molar-refractivity contribution in [3.8, 4) is 11.1 Å². The Balaban J connectivity index is 1.90. The van der Waals surface area contributed by atoms with Crippen LogP contribution in [0.15, 0.2) is 41.2 Å². The van der Waals surface area contributed by atoms with E-state index in [-0.39, 0.29) is 0 Å². The van der Waals surface area contributed by atoms with Gasteiger partial charge in [-0.3, -0.25) is 0 Å². The van der Waals surface area contributed by atoms with E-state index in [1.807, 2.05) is 19.9 Å². The Morgan fingerprint density at radius 1 is 1.30 bits per heavy atom. The molecular weight excluding hydrogens is 369 g/mol. The Labute approximate surface area is 160 Å².